The van der Waals surface area contributed by atoms with Crippen molar-refractivity contribution in [3.05, 3.63) is 53.6 Å². The summed E-state index contributed by atoms with van der Waals surface area (Å²) in [7, 11) is 0. The summed E-state index contributed by atoms with van der Waals surface area (Å²) in [5.74, 6) is 2.21. The van der Waals surface area contributed by atoms with Crippen molar-refractivity contribution in [1.82, 2.24) is 4.90 Å². The van der Waals surface area contributed by atoms with Crippen LogP contribution in [0.15, 0.2) is 42.5 Å². The molecule has 27 heavy (non-hydrogen) atoms. The van der Waals surface area contributed by atoms with E-state index >= 15 is 0 Å². The maximum absolute atomic E-state index is 12.8. The minimum absolute atomic E-state index is 0.00338. The molecule has 2 aromatic rings. The number of fused-ring (bicyclic) bond motifs is 1. The van der Waals surface area contributed by atoms with Crippen LogP contribution in [0.2, 0.25) is 0 Å². The first-order valence-corrected chi connectivity index (χ1v) is 9.54. The highest BCUT2D eigenvalue weighted by molar-refractivity contribution is 5.81. The average molecular weight is 369 g/mol. The van der Waals surface area contributed by atoms with Gasteiger partial charge in [-0.05, 0) is 62.6 Å². The van der Waals surface area contributed by atoms with Crippen LogP contribution in [-0.2, 0) is 17.8 Å². The molecular weight excluding hydrogens is 342 g/mol. The Labute approximate surface area is 160 Å². The first-order valence-electron chi connectivity index (χ1n) is 9.54. The number of hydrogen-bond donors (Lipinski definition) is 0. The van der Waals surface area contributed by atoms with E-state index < -0.39 is 6.10 Å². The lowest BCUT2D eigenvalue weighted by Gasteiger charge is -2.31. The van der Waals surface area contributed by atoms with Gasteiger partial charge in [0.2, 0.25) is 0 Å². The van der Waals surface area contributed by atoms with Gasteiger partial charge in [0.1, 0.15) is 5.75 Å². The van der Waals surface area contributed by atoms with Gasteiger partial charge >= 0.3 is 0 Å². The minimum Gasteiger partial charge on any atom is -0.490 e. The van der Waals surface area contributed by atoms with Crippen LogP contribution in [0, 0.1) is 0 Å². The first-order chi connectivity index (χ1) is 13.1. The number of para-hydroxylation sites is 1. The molecule has 3 rings (SSSR count). The second-order valence-electron chi connectivity index (χ2n) is 6.52. The van der Waals surface area contributed by atoms with Crippen molar-refractivity contribution in [1.29, 1.82) is 0 Å². The molecule has 144 valence electrons. The molecule has 0 saturated carbocycles. The van der Waals surface area contributed by atoms with Gasteiger partial charge < -0.3 is 19.1 Å². The standard InChI is InChI=1S/C22H27NO4/c1-4-25-20-13-17-11-12-23(15-18(17)14-21(20)26-5-2)22(24)16(3)27-19-9-7-6-8-10-19/h6-10,13-14,16H,4-5,11-12,15H2,1-3H3. The molecule has 1 heterocycles. The van der Waals surface area contributed by atoms with E-state index in [1.54, 1.807) is 6.92 Å². The molecule has 1 aliphatic rings. The third-order valence-corrected chi connectivity index (χ3v) is 4.59. The highest BCUT2D eigenvalue weighted by atomic mass is 16.5. The monoisotopic (exact) mass is 369 g/mol. The zero-order chi connectivity index (χ0) is 19.2. The number of carbonyl (C=O) groups excluding carboxylic acids is 1. The van der Waals surface area contributed by atoms with Gasteiger partial charge in [0, 0.05) is 13.1 Å². The van der Waals surface area contributed by atoms with Gasteiger partial charge in [0.25, 0.3) is 5.91 Å². The molecule has 1 aliphatic heterocycles. The first kappa shape index (κ1) is 19.1. The Kier molecular flexibility index (Phi) is 6.22. The van der Waals surface area contributed by atoms with E-state index in [1.807, 2.05) is 55.1 Å². The van der Waals surface area contributed by atoms with Crippen molar-refractivity contribution in [2.45, 2.75) is 39.8 Å². The van der Waals surface area contributed by atoms with Crippen molar-refractivity contribution < 1.29 is 19.0 Å². The van der Waals surface area contributed by atoms with Crippen LogP contribution in [0.4, 0.5) is 0 Å². The maximum atomic E-state index is 12.8. The van der Waals surface area contributed by atoms with E-state index in [9.17, 15) is 4.79 Å². The van der Waals surface area contributed by atoms with E-state index in [1.165, 1.54) is 5.56 Å². The number of hydrogen-bond acceptors (Lipinski definition) is 4. The number of ether oxygens (including phenoxy) is 3. The third-order valence-electron chi connectivity index (χ3n) is 4.59. The van der Waals surface area contributed by atoms with Crippen LogP contribution >= 0.6 is 0 Å². The van der Waals surface area contributed by atoms with Crippen LogP contribution in [-0.4, -0.2) is 36.7 Å². The molecule has 5 nitrogen and oxygen atoms in total. The van der Waals surface area contributed by atoms with Crippen LogP contribution in [0.25, 0.3) is 0 Å². The van der Waals surface area contributed by atoms with Crippen LogP contribution < -0.4 is 14.2 Å². The highest BCUT2D eigenvalue weighted by Crippen LogP contribution is 2.34. The van der Waals surface area contributed by atoms with E-state index in [0.717, 1.165) is 23.5 Å². The summed E-state index contributed by atoms with van der Waals surface area (Å²) in [6.07, 6.45) is 0.272. The van der Waals surface area contributed by atoms with Crippen LogP contribution in [0.1, 0.15) is 31.9 Å². The predicted octanol–water partition coefficient (Wildman–Crippen LogP) is 3.84. The summed E-state index contributed by atoms with van der Waals surface area (Å²) in [5, 5.41) is 0. The molecule has 0 radical (unpaired) electrons. The largest absolute Gasteiger partial charge is 0.490 e. The van der Waals surface area contributed by atoms with Crippen molar-refractivity contribution in [3.63, 3.8) is 0 Å². The zero-order valence-electron chi connectivity index (χ0n) is 16.2. The Morgan fingerprint density at radius 3 is 2.30 bits per heavy atom. The summed E-state index contributed by atoms with van der Waals surface area (Å²) < 4.78 is 17.2. The molecule has 1 amide bonds. The topological polar surface area (TPSA) is 48.0 Å². The molecule has 0 spiro atoms. The van der Waals surface area contributed by atoms with Crippen molar-refractivity contribution in [2.24, 2.45) is 0 Å². The Bertz CT molecular complexity index is 775. The molecule has 5 heteroatoms. The molecular formula is C22H27NO4. The molecule has 1 unspecified atom stereocenters. The SMILES string of the molecule is CCOc1cc2c(cc1OCC)CN(C(=O)C(C)Oc1ccccc1)CC2. The third kappa shape index (κ3) is 4.54. The van der Waals surface area contributed by atoms with Gasteiger partial charge in [-0.25, -0.2) is 0 Å². The molecule has 0 N–H and O–H groups in total. The van der Waals surface area contributed by atoms with E-state index in [2.05, 4.69) is 6.07 Å². The van der Waals surface area contributed by atoms with Gasteiger partial charge in [0.15, 0.2) is 17.6 Å². The Balaban J connectivity index is 1.72. The second kappa shape index (κ2) is 8.80. The zero-order valence-corrected chi connectivity index (χ0v) is 16.2. The van der Waals surface area contributed by atoms with Crippen LogP contribution in [0.5, 0.6) is 17.2 Å². The molecule has 2 aromatic carbocycles. The summed E-state index contributed by atoms with van der Waals surface area (Å²) in [6, 6.07) is 13.5. The summed E-state index contributed by atoms with van der Waals surface area (Å²) >= 11 is 0. The fourth-order valence-electron chi connectivity index (χ4n) is 3.30. The number of benzene rings is 2. The van der Waals surface area contributed by atoms with Crippen molar-refractivity contribution in [3.8, 4) is 17.2 Å². The lowest BCUT2D eigenvalue weighted by molar-refractivity contribution is -0.138. The van der Waals surface area contributed by atoms with Gasteiger partial charge in [-0.2, -0.15) is 0 Å². The number of carbonyl (C=O) groups is 1. The van der Waals surface area contributed by atoms with Crippen LogP contribution in [0.3, 0.4) is 0 Å². The van der Waals surface area contributed by atoms with E-state index in [-0.39, 0.29) is 5.91 Å². The lowest BCUT2D eigenvalue weighted by Crippen LogP contribution is -2.43. The highest BCUT2D eigenvalue weighted by Gasteiger charge is 2.27. The fraction of sp³-hybridized carbons (Fsp3) is 0.409. The molecule has 0 aliphatic carbocycles. The van der Waals surface area contributed by atoms with E-state index in [4.69, 9.17) is 14.2 Å². The molecule has 0 fully saturated rings. The van der Waals surface area contributed by atoms with Crippen molar-refractivity contribution in [2.75, 3.05) is 19.8 Å². The fourth-order valence-corrected chi connectivity index (χ4v) is 3.30. The smallest absolute Gasteiger partial charge is 0.263 e. The molecule has 1 atom stereocenters. The number of rotatable bonds is 7. The quantitative estimate of drug-likeness (QED) is 0.744. The predicted molar refractivity (Wildman–Crippen MR) is 104 cm³/mol. The second-order valence-corrected chi connectivity index (χ2v) is 6.52. The summed E-state index contributed by atoms with van der Waals surface area (Å²) in [6.45, 7) is 8.12. The van der Waals surface area contributed by atoms with Gasteiger partial charge in [-0.1, -0.05) is 18.2 Å². The summed E-state index contributed by atoms with van der Waals surface area (Å²) in [5.41, 5.74) is 2.32. The maximum Gasteiger partial charge on any atom is 0.263 e. The Hall–Kier alpha value is -2.69. The Morgan fingerprint density at radius 1 is 1.04 bits per heavy atom. The van der Waals surface area contributed by atoms with E-state index in [0.29, 0.717) is 32.1 Å². The number of nitrogens with zero attached hydrogens (tertiary/aromatic N) is 1. The van der Waals surface area contributed by atoms with Gasteiger partial charge in [-0.15, -0.1) is 0 Å². The number of amides is 1. The normalized spacial score (nSPS) is 14.3. The summed E-state index contributed by atoms with van der Waals surface area (Å²) in [4.78, 5) is 14.7. The van der Waals surface area contributed by atoms with Gasteiger partial charge in [0.05, 0.1) is 13.2 Å². The van der Waals surface area contributed by atoms with Crippen molar-refractivity contribution >= 4 is 5.91 Å². The van der Waals surface area contributed by atoms with Gasteiger partial charge in [-0.3, -0.25) is 4.79 Å². The molecule has 0 aromatic heterocycles. The molecule has 0 bridgehead atoms. The average Bonchev–Trinajstić information content (AvgIpc) is 2.68. The lowest BCUT2D eigenvalue weighted by atomic mass is 9.98. The minimum atomic E-state index is -0.525. The molecule has 0 saturated heterocycles. The Morgan fingerprint density at radius 2 is 1.67 bits per heavy atom.